The Morgan fingerprint density at radius 2 is 1.18 bits per heavy atom. The first-order valence-corrected chi connectivity index (χ1v) is 11.1. The lowest BCUT2D eigenvalue weighted by Gasteiger charge is -2.13. The number of para-hydroxylation sites is 1. The van der Waals surface area contributed by atoms with Crippen LogP contribution in [-0.2, 0) is 0 Å². The highest BCUT2D eigenvalue weighted by molar-refractivity contribution is 6.36. The summed E-state index contributed by atoms with van der Waals surface area (Å²) >= 11 is 0. The largest absolute Gasteiger partial charge is 0.309 e. The van der Waals surface area contributed by atoms with Gasteiger partial charge < -0.3 is 4.57 Å². The van der Waals surface area contributed by atoms with Crippen molar-refractivity contribution in [3.8, 4) is 11.8 Å². The van der Waals surface area contributed by atoms with Gasteiger partial charge in [0.05, 0.1) is 22.7 Å². The second-order valence-corrected chi connectivity index (χ2v) is 8.49. The first-order valence-electron chi connectivity index (χ1n) is 11.1. The number of hydrogen-bond acceptors (Lipinski definition) is 1. The molecule has 0 N–H and O–H groups in total. The van der Waals surface area contributed by atoms with Crippen LogP contribution in [0.2, 0.25) is 0 Å². The SMILES string of the molecule is N#Cc1ccc(-n2c3ccccc3c3c4ccc5ccccc5c4c4ccccc4c32)cc1. The lowest BCUT2D eigenvalue weighted by molar-refractivity contribution is 1.18. The molecule has 0 aliphatic carbocycles. The van der Waals surface area contributed by atoms with Gasteiger partial charge in [-0.1, -0.05) is 78.9 Å². The molecular formula is C31H18N2. The third kappa shape index (κ3) is 2.42. The molecule has 152 valence electrons. The van der Waals surface area contributed by atoms with Crippen molar-refractivity contribution in [2.24, 2.45) is 0 Å². The van der Waals surface area contributed by atoms with E-state index in [0.717, 1.165) is 5.69 Å². The molecule has 0 unspecified atom stereocenters. The molecule has 0 fully saturated rings. The van der Waals surface area contributed by atoms with Crippen LogP contribution in [0.1, 0.15) is 5.56 Å². The lowest BCUT2D eigenvalue weighted by Crippen LogP contribution is -1.95. The summed E-state index contributed by atoms with van der Waals surface area (Å²) in [5.41, 5.74) is 4.11. The van der Waals surface area contributed by atoms with Gasteiger partial charge in [0.25, 0.3) is 0 Å². The molecule has 0 saturated carbocycles. The van der Waals surface area contributed by atoms with E-state index in [1.807, 2.05) is 24.3 Å². The molecule has 0 spiro atoms. The Bertz CT molecular complexity index is 1920. The molecule has 0 amide bonds. The van der Waals surface area contributed by atoms with Crippen molar-refractivity contribution in [1.82, 2.24) is 4.57 Å². The molecule has 0 aliphatic heterocycles. The number of nitriles is 1. The van der Waals surface area contributed by atoms with Gasteiger partial charge in [0.2, 0.25) is 0 Å². The van der Waals surface area contributed by atoms with Crippen molar-refractivity contribution in [3.63, 3.8) is 0 Å². The molecule has 0 bridgehead atoms. The number of fused-ring (bicyclic) bond motifs is 10. The Hall–Kier alpha value is -4.61. The highest BCUT2D eigenvalue weighted by Crippen LogP contribution is 2.44. The average molecular weight is 418 g/mol. The molecule has 2 nitrogen and oxygen atoms in total. The Kier molecular flexibility index (Phi) is 3.65. The summed E-state index contributed by atoms with van der Waals surface area (Å²) in [6, 6.07) is 40.6. The zero-order chi connectivity index (χ0) is 21.9. The summed E-state index contributed by atoms with van der Waals surface area (Å²) in [4.78, 5) is 0. The van der Waals surface area contributed by atoms with Gasteiger partial charge in [-0.3, -0.25) is 0 Å². The van der Waals surface area contributed by atoms with Crippen LogP contribution in [0.5, 0.6) is 0 Å². The molecule has 33 heavy (non-hydrogen) atoms. The normalized spacial score (nSPS) is 11.6. The minimum Gasteiger partial charge on any atom is -0.309 e. The van der Waals surface area contributed by atoms with Crippen molar-refractivity contribution in [3.05, 3.63) is 115 Å². The van der Waals surface area contributed by atoms with Crippen molar-refractivity contribution in [2.45, 2.75) is 0 Å². The molecule has 0 radical (unpaired) electrons. The predicted molar refractivity (Wildman–Crippen MR) is 138 cm³/mol. The van der Waals surface area contributed by atoms with Crippen LogP contribution in [0.4, 0.5) is 0 Å². The lowest BCUT2D eigenvalue weighted by atomic mass is 9.93. The molecular weight excluding hydrogens is 400 g/mol. The average Bonchev–Trinajstić information content (AvgIpc) is 3.24. The van der Waals surface area contributed by atoms with E-state index in [2.05, 4.69) is 95.6 Å². The summed E-state index contributed by atoms with van der Waals surface area (Å²) < 4.78 is 2.35. The minimum absolute atomic E-state index is 0.668. The van der Waals surface area contributed by atoms with Gasteiger partial charge in [0.15, 0.2) is 0 Å². The standard InChI is InChI=1S/C31H18N2/c32-19-20-13-16-22(17-14-20)33-28-12-6-5-11-26(28)30-27-18-15-21-7-1-2-8-23(21)29(27)24-9-3-4-10-25(24)31(30)33/h1-18H. The molecule has 7 aromatic rings. The molecule has 0 atom stereocenters. The third-order valence-corrected chi connectivity index (χ3v) is 6.78. The van der Waals surface area contributed by atoms with E-state index in [1.165, 1.54) is 54.1 Å². The molecule has 1 heterocycles. The first-order chi connectivity index (χ1) is 16.3. The van der Waals surface area contributed by atoms with Crippen molar-refractivity contribution in [2.75, 3.05) is 0 Å². The number of aromatic nitrogens is 1. The van der Waals surface area contributed by atoms with E-state index >= 15 is 0 Å². The van der Waals surface area contributed by atoms with Gasteiger partial charge in [-0.15, -0.1) is 0 Å². The smallest absolute Gasteiger partial charge is 0.0991 e. The summed E-state index contributed by atoms with van der Waals surface area (Å²) in [5, 5.41) is 19.4. The van der Waals surface area contributed by atoms with Crippen molar-refractivity contribution in [1.29, 1.82) is 5.26 Å². The highest BCUT2D eigenvalue weighted by atomic mass is 15.0. The van der Waals surface area contributed by atoms with E-state index in [-0.39, 0.29) is 0 Å². The van der Waals surface area contributed by atoms with Crippen LogP contribution in [0.25, 0.3) is 59.8 Å². The summed E-state index contributed by atoms with van der Waals surface area (Å²) in [7, 11) is 0. The molecule has 7 rings (SSSR count). The van der Waals surface area contributed by atoms with E-state index in [1.54, 1.807) is 0 Å². The number of nitrogens with zero attached hydrogens (tertiary/aromatic N) is 2. The molecule has 0 aliphatic rings. The van der Waals surface area contributed by atoms with Crippen LogP contribution in [-0.4, -0.2) is 4.57 Å². The van der Waals surface area contributed by atoms with Crippen LogP contribution >= 0.6 is 0 Å². The Morgan fingerprint density at radius 3 is 1.97 bits per heavy atom. The molecule has 1 aromatic heterocycles. The number of rotatable bonds is 1. The second kappa shape index (κ2) is 6.69. The summed E-state index contributed by atoms with van der Waals surface area (Å²) in [5.74, 6) is 0. The maximum Gasteiger partial charge on any atom is 0.0991 e. The van der Waals surface area contributed by atoms with Gasteiger partial charge in [0, 0.05) is 21.8 Å². The van der Waals surface area contributed by atoms with Gasteiger partial charge in [-0.2, -0.15) is 5.26 Å². The van der Waals surface area contributed by atoms with Crippen molar-refractivity contribution < 1.29 is 0 Å². The monoisotopic (exact) mass is 418 g/mol. The van der Waals surface area contributed by atoms with Gasteiger partial charge in [-0.25, -0.2) is 0 Å². The molecule has 2 heteroatoms. The predicted octanol–water partition coefficient (Wildman–Crippen LogP) is 8.11. The van der Waals surface area contributed by atoms with E-state index in [0.29, 0.717) is 5.56 Å². The van der Waals surface area contributed by atoms with Crippen LogP contribution in [0.15, 0.2) is 109 Å². The first kappa shape index (κ1) is 18.0. The van der Waals surface area contributed by atoms with Crippen LogP contribution in [0, 0.1) is 11.3 Å². The van der Waals surface area contributed by atoms with Crippen molar-refractivity contribution >= 4 is 54.1 Å². The minimum atomic E-state index is 0.668. The van der Waals surface area contributed by atoms with E-state index in [9.17, 15) is 5.26 Å². The van der Waals surface area contributed by atoms with E-state index in [4.69, 9.17) is 0 Å². The Balaban J connectivity index is 1.81. The van der Waals surface area contributed by atoms with E-state index < -0.39 is 0 Å². The zero-order valence-corrected chi connectivity index (χ0v) is 17.8. The third-order valence-electron chi connectivity index (χ3n) is 6.78. The summed E-state index contributed by atoms with van der Waals surface area (Å²) in [6.45, 7) is 0. The maximum atomic E-state index is 9.29. The number of hydrogen-bond donors (Lipinski definition) is 0. The molecule has 6 aromatic carbocycles. The maximum absolute atomic E-state index is 9.29. The topological polar surface area (TPSA) is 28.7 Å². The fraction of sp³-hybridized carbons (Fsp3) is 0. The molecule has 0 saturated heterocycles. The number of benzene rings is 6. The van der Waals surface area contributed by atoms with Crippen LogP contribution in [0.3, 0.4) is 0 Å². The quantitative estimate of drug-likeness (QED) is 0.247. The van der Waals surface area contributed by atoms with Gasteiger partial charge in [0.1, 0.15) is 0 Å². The van der Waals surface area contributed by atoms with Gasteiger partial charge in [-0.05, 0) is 57.3 Å². The Labute approximate surface area is 190 Å². The van der Waals surface area contributed by atoms with Crippen LogP contribution < -0.4 is 0 Å². The zero-order valence-electron chi connectivity index (χ0n) is 17.8. The Morgan fingerprint density at radius 1 is 0.515 bits per heavy atom. The van der Waals surface area contributed by atoms with Gasteiger partial charge >= 0.3 is 0 Å². The highest BCUT2D eigenvalue weighted by Gasteiger charge is 2.19. The second-order valence-electron chi connectivity index (χ2n) is 8.49. The fourth-order valence-electron chi connectivity index (χ4n) is 5.40. The fourth-order valence-corrected chi connectivity index (χ4v) is 5.40. The summed E-state index contributed by atoms with van der Waals surface area (Å²) in [6.07, 6.45) is 0.